The van der Waals surface area contributed by atoms with Gasteiger partial charge in [-0.2, -0.15) is 4.98 Å². The number of benzene rings is 2. The number of aromatic nitrogens is 2. The molecular weight excluding hydrogens is 382 g/mol. The van der Waals surface area contributed by atoms with E-state index in [2.05, 4.69) is 21.5 Å². The van der Waals surface area contributed by atoms with Crippen LogP contribution in [0.5, 0.6) is 5.75 Å². The second-order valence-corrected chi connectivity index (χ2v) is 7.38. The molecule has 1 aromatic heterocycles. The van der Waals surface area contributed by atoms with Crippen LogP contribution >= 0.6 is 0 Å². The molecule has 0 amide bonds. The van der Waals surface area contributed by atoms with Gasteiger partial charge in [0.15, 0.2) is 5.82 Å². The molecule has 1 N–H and O–H groups in total. The van der Waals surface area contributed by atoms with E-state index in [-0.39, 0.29) is 17.8 Å². The summed E-state index contributed by atoms with van der Waals surface area (Å²) < 4.78 is 16.1. The number of carbonyl (C=O) groups excluding carboxylic acids is 1. The Bertz CT molecular complexity index is 973. The van der Waals surface area contributed by atoms with E-state index < -0.39 is 0 Å². The van der Waals surface area contributed by atoms with Gasteiger partial charge in [-0.3, -0.25) is 4.79 Å². The van der Waals surface area contributed by atoms with E-state index >= 15 is 0 Å². The van der Waals surface area contributed by atoms with Gasteiger partial charge in [0, 0.05) is 18.5 Å². The van der Waals surface area contributed by atoms with Gasteiger partial charge in [-0.15, -0.1) is 0 Å². The molecule has 1 saturated heterocycles. The molecular formula is C23H25N3O4. The first kappa shape index (κ1) is 20.1. The molecule has 2 heterocycles. The summed E-state index contributed by atoms with van der Waals surface area (Å²) in [5.41, 5.74) is 2.04. The Kier molecular flexibility index (Phi) is 6.39. The number of rotatable bonds is 8. The van der Waals surface area contributed by atoms with Gasteiger partial charge in [0.1, 0.15) is 5.75 Å². The zero-order chi connectivity index (χ0) is 20.8. The monoisotopic (exact) mass is 407 g/mol. The third-order valence-corrected chi connectivity index (χ3v) is 5.32. The quantitative estimate of drug-likeness (QED) is 0.575. The maximum absolute atomic E-state index is 11.9. The molecule has 2 atom stereocenters. The number of esters is 1. The lowest BCUT2D eigenvalue weighted by molar-refractivity contribution is -0.146. The van der Waals surface area contributed by atoms with Crippen LogP contribution in [0.2, 0.25) is 0 Å². The summed E-state index contributed by atoms with van der Waals surface area (Å²) in [6, 6.07) is 17.7. The Hall–Kier alpha value is -3.19. The van der Waals surface area contributed by atoms with Crippen LogP contribution in [0.15, 0.2) is 59.1 Å². The van der Waals surface area contributed by atoms with Gasteiger partial charge in [0.05, 0.1) is 19.6 Å². The van der Waals surface area contributed by atoms with Crippen molar-refractivity contribution in [3.63, 3.8) is 0 Å². The molecule has 0 unspecified atom stereocenters. The first-order chi connectivity index (χ1) is 14.7. The predicted molar refractivity (Wildman–Crippen MR) is 111 cm³/mol. The molecule has 0 spiro atoms. The largest absolute Gasteiger partial charge is 0.493 e. The molecule has 2 aromatic carbocycles. The third-order valence-electron chi connectivity index (χ3n) is 5.32. The Morgan fingerprint density at radius 1 is 1.17 bits per heavy atom. The van der Waals surface area contributed by atoms with Gasteiger partial charge in [0.2, 0.25) is 0 Å². The number of nitrogens with one attached hydrogen (secondary N) is 1. The van der Waals surface area contributed by atoms with Crippen molar-refractivity contribution in [3.8, 4) is 17.2 Å². The van der Waals surface area contributed by atoms with Crippen LogP contribution in [0.4, 0.5) is 0 Å². The highest BCUT2D eigenvalue weighted by Crippen LogP contribution is 2.24. The zero-order valence-electron chi connectivity index (χ0n) is 16.9. The van der Waals surface area contributed by atoms with Crippen LogP contribution in [0.25, 0.3) is 11.5 Å². The highest BCUT2D eigenvalue weighted by Gasteiger charge is 2.33. The summed E-state index contributed by atoms with van der Waals surface area (Å²) in [7, 11) is 1.44. The highest BCUT2D eigenvalue weighted by molar-refractivity contribution is 5.73. The van der Waals surface area contributed by atoms with Crippen LogP contribution in [0, 0.1) is 11.8 Å². The number of hydrogen-bond donors (Lipinski definition) is 1. The van der Waals surface area contributed by atoms with Crippen LogP contribution in [0.3, 0.4) is 0 Å². The summed E-state index contributed by atoms with van der Waals surface area (Å²) >= 11 is 0. The summed E-state index contributed by atoms with van der Waals surface area (Å²) in [4.78, 5) is 16.4. The summed E-state index contributed by atoms with van der Waals surface area (Å²) in [5, 5.41) is 7.31. The minimum absolute atomic E-state index is 0.100. The lowest BCUT2D eigenvalue weighted by atomic mass is 9.89. The lowest BCUT2D eigenvalue weighted by Gasteiger charge is -2.16. The van der Waals surface area contributed by atoms with Crippen LogP contribution in [-0.2, 0) is 22.4 Å². The van der Waals surface area contributed by atoms with Crippen molar-refractivity contribution in [2.45, 2.75) is 12.8 Å². The van der Waals surface area contributed by atoms with Gasteiger partial charge < -0.3 is 19.3 Å². The molecule has 1 aliphatic rings. The van der Waals surface area contributed by atoms with E-state index in [9.17, 15) is 4.79 Å². The molecule has 0 radical (unpaired) electrons. The van der Waals surface area contributed by atoms with E-state index in [1.54, 1.807) is 0 Å². The highest BCUT2D eigenvalue weighted by atomic mass is 16.5. The number of methoxy groups -OCH3 is 1. The average Bonchev–Trinajstić information content (AvgIpc) is 3.44. The molecule has 0 aliphatic carbocycles. The van der Waals surface area contributed by atoms with Crippen LogP contribution in [0.1, 0.15) is 11.4 Å². The summed E-state index contributed by atoms with van der Waals surface area (Å²) in [6.07, 6.45) is 1.35. The Labute approximate surface area is 175 Å². The number of nitrogens with zero attached hydrogens (tertiary/aromatic N) is 2. The van der Waals surface area contributed by atoms with Gasteiger partial charge in [-0.25, -0.2) is 0 Å². The van der Waals surface area contributed by atoms with Crippen molar-refractivity contribution in [2.24, 2.45) is 11.8 Å². The molecule has 4 rings (SSSR count). The fourth-order valence-corrected chi connectivity index (χ4v) is 3.75. The number of ether oxygens (including phenoxy) is 2. The number of hydrogen-bond acceptors (Lipinski definition) is 7. The van der Waals surface area contributed by atoms with Crippen LogP contribution in [-0.4, -0.2) is 42.9 Å². The maximum atomic E-state index is 11.9. The summed E-state index contributed by atoms with van der Waals surface area (Å²) in [5.74, 6) is 1.90. The van der Waals surface area contributed by atoms with E-state index in [0.717, 1.165) is 29.8 Å². The van der Waals surface area contributed by atoms with Crippen molar-refractivity contribution in [1.82, 2.24) is 15.5 Å². The molecule has 7 nitrogen and oxygen atoms in total. The fraction of sp³-hybridized carbons (Fsp3) is 0.348. The average molecular weight is 407 g/mol. The Morgan fingerprint density at radius 3 is 2.87 bits per heavy atom. The molecule has 1 aliphatic heterocycles. The third kappa shape index (κ3) is 4.86. The zero-order valence-corrected chi connectivity index (χ0v) is 16.9. The topological polar surface area (TPSA) is 86.5 Å². The lowest BCUT2D eigenvalue weighted by Crippen LogP contribution is -2.25. The van der Waals surface area contributed by atoms with Gasteiger partial charge in [-0.1, -0.05) is 35.5 Å². The molecule has 3 aromatic rings. The molecule has 1 fully saturated rings. The van der Waals surface area contributed by atoms with Crippen LogP contribution < -0.4 is 10.1 Å². The van der Waals surface area contributed by atoms with Gasteiger partial charge in [0.25, 0.3) is 5.89 Å². The summed E-state index contributed by atoms with van der Waals surface area (Å²) in [6.45, 7) is 1.93. The predicted octanol–water partition coefficient (Wildman–Crippen LogP) is 2.91. The van der Waals surface area contributed by atoms with Gasteiger partial charge in [-0.05, 0) is 48.7 Å². The standard InChI is InChI=1S/C23H25N3O4/c1-28-23(27)20-15-24-14-18(20)12-16-6-5-9-19(13-16)29-11-10-21-25-22(30-26-21)17-7-3-2-4-8-17/h2-9,13,18,20,24H,10-12,14-15H2,1H3/t18-,20+/m1/s1. The van der Waals surface area contributed by atoms with Crippen molar-refractivity contribution in [1.29, 1.82) is 0 Å². The molecule has 7 heteroatoms. The Morgan fingerprint density at radius 2 is 2.03 bits per heavy atom. The van der Waals surface area contributed by atoms with Gasteiger partial charge >= 0.3 is 5.97 Å². The van der Waals surface area contributed by atoms with E-state index in [1.165, 1.54) is 7.11 Å². The van der Waals surface area contributed by atoms with Crippen molar-refractivity contribution < 1.29 is 18.8 Å². The van der Waals surface area contributed by atoms with E-state index in [0.29, 0.717) is 31.3 Å². The smallest absolute Gasteiger partial charge is 0.310 e. The SMILES string of the molecule is COC(=O)[C@H]1CNC[C@H]1Cc1cccc(OCCc2noc(-c3ccccc3)n2)c1. The van der Waals surface area contributed by atoms with Crippen molar-refractivity contribution in [2.75, 3.05) is 26.8 Å². The van der Waals surface area contributed by atoms with E-state index in [4.69, 9.17) is 14.0 Å². The molecule has 30 heavy (non-hydrogen) atoms. The first-order valence-electron chi connectivity index (χ1n) is 10.1. The maximum Gasteiger partial charge on any atom is 0.310 e. The minimum atomic E-state index is -0.146. The minimum Gasteiger partial charge on any atom is -0.493 e. The second kappa shape index (κ2) is 9.54. The van der Waals surface area contributed by atoms with Crippen molar-refractivity contribution in [3.05, 3.63) is 66.0 Å². The first-order valence-corrected chi connectivity index (χ1v) is 10.1. The molecule has 0 saturated carbocycles. The fourth-order valence-electron chi connectivity index (χ4n) is 3.75. The van der Waals surface area contributed by atoms with Crippen molar-refractivity contribution >= 4 is 5.97 Å². The normalized spacial score (nSPS) is 18.3. The number of carbonyl (C=O) groups is 1. The Balaban J connectivity index is 1.31. The molecule has 156 valence electrons. The second-order valence-electron chi connectivity index (χ2n) is 7.38. The molecule has 0 bridgehead atoms. The van der Waals surface area contributed by atoms with E-state index in [1.807, 2.05) is 48.5 Å².